The molecule has 20 heavy (non-hydrogen) atoms. The number of rotatable bonds is 4. The largest absolute Gasteiger partial charge is 0.465 e. The molecule has 2 heterocycles. The molecule has 1 N–H and O–H groups in total. The minimum Gasteiger partial charge on any atom is -0.465 e. The van der Waals surface area contributed by atoms with Crippen molar-refractivity contribution in [2.24, 2.45) is 0 Å². The van der Waals surface area contributed by atoms with Crippen LogP contribution in [0.5, 0.6) is 0 Å². The Hall–Kier alpha value is -0.960. The van der Waals surface area contributed by atoms with E-state index in [1.54, 1.807) is 12.3 Å². The molecule has 112 valence electrons. The van der Waals surface area contributed by atoms with Crippen LogP contribution < -0.4 is 0 Å². The van der Waals surface area contributed by atoms with Crippen LogP contribution in [0.15, 0.2) is 10.3 Å². The van der Waals surface area contributed by atoms with Crippen LogP contribution in [0.25, 0.3) is 0 Å². The zero-order valence-corrected chi connectivity index (χ0v) is 13.0. The van der Waals surface area contributed by atoms with Gasteiger partial charge in [-0.2, -0.15) is 4.31 Å². The van der Waals surface area contributed by atoms with Gasteiger partial charge in [0.1, 0.15) is 9.77 Å². The standard InChI is InChI=1S/C12H17NO5S2/c1-8-7-19-10(12(15)18-2)11(8)20(16,17)13-5-3-4-9(13)6-14/h7,9,14H,3-6H2,1-2H3. The van der Waals surface area contributed by atoms with Crippen LogP contribution in [0.4, 0.5) is 0 Å². The Kier molecular flexibility index (Phi) is 4.48. The van der Waals surface area contributed by atoms with E-state index in [1.165, 1.54) is 11.4 Å². The minimum atomic E-state index is -3.79. The molecule has 0 aliphatic carbocycles. The number of ether oxygens (including phenoxy) is 1. The minimum absolute atomic E-state index is 0.00898. The summed E-state index contributed by atoms with van der Waals surface area (Å²) < 4.78 is 31.4. The van der Waals surface area contributed by atoms with E-state index in [0.717, 1.165) is 11.3 Å². The van der Waals surface area contributed by atoms with Gasteiger partial charge in [0.2, 0.25) is 10.0 Å². The highest BCUT2D eigenvalue weighted by Gasteiger charge is 2.38. The zero-order valence-electron chi connectivity index (χ0n) is 11.3. The molecule has 0 spiro atoms. The average molecular weight is 319 g/mol. The summed E-state index contributed by atoms with van der Waals surface area (Å²) in [6.07, 6.45) is 1.34. The Morgan fingerprint density at radius 3 is 2.90 bits per heavy atom. The van der Waals surface area contributed by atoms with Gasteiger partial charge in [0, 0.05) is 12.6 Å². The first kappa shape index (κ1) is 15.4. The predicted molar refractivity (Wildman–Crippen MR) is 74.4 cm³/mol. The van der Waals surface area contributed by atoms with Crippen LogP contribution in [-0.2, 0) is 14.8 Å². The summed E-state index contributed by atoms with van der Waals surface area (Å²) in [7, 11) is -2.57. The number of hydrogen-bond donors (Lipinski definition) is 1. The lowest BCUT2D eigenvalue weighted by Gasteiger charge is -2.22. The van der Waals surface area contributed by atoms with Crippen LogP contribution in [0.1, 0.15) is 28.1 Å². The predicted octanol–water partition coefficient (Wildman–Crippen LogP) is 0.989. The first-order valence-corrected chi connectivity index (χ1v) is 8.54. The van der Waals surface area contributed by atoms with E-state index in [4.69, 9.17) is 0 Å². The number of carbonyl (C=O) groups is 1. The average Bonchev–Trinajstić information content (AvgIpc) is 3.04. The van der Waals surface area contributed by atoms with Gasteiger partial charge in [-0.3, -0.25) is 0 Å². The molecule has 0 amide bonds. The number of carbonyl (C=O) groups excluding carboxylic acids is 1. The Morgan fingerprint density at radius 1 is 1.60 bits per heavy atom. The SMILES string of the molecule is COC(=O)c1scc(C)c1S(=O)(=O)N1CCCC1CO. The number of aliphatic hydroxyl groups excluding tert-OH is 1. The molecule has 1 aliphatic heterocycles. The van der Waals surface area contributed by atoms with Gasteiger partial charge in [0.15, 0.2) is 0 Å². The Balaban J connectivity index is 2.49. The van der Waals surface area contributed by atoms with Gasteiger partial charge in [-0.25, -0.2) is 13.2 Å². The molecule has 6 nitrogen and oxygen atoms in total. The van der Waals surface area contributed by atoms with Gasteiger partial charge in [-0.1, -0.05) is 0 Å². The van der Waals surface area contributed by atoms with Crippen molar-refractivity contribution in [2.75, 3.05) is 20.3 Å². The molecule has 0 saturated carbocycles. The second-order valence-electron chi connectivity index (χ2n) is 4.66. The van der Waals surface area contributed by atoms with Crippen molar-refractivity contribution in [1.29, 1.82) is 0 Å². The number of aryl methyl sites for hydroxylation is 1. The van der Waals surface area contributed by atoms with E-state index in [0.29, 0.717) is 24.9 Å². The first-order valence-electron chi connectivity index (χ1n) is 6.22. The van der Waals surface area contributed by atoms with Gasteiger partial charge in [0.25, 0.3) is 0 Å². The van der Waals surface area contributed by atoms with Crippen LogP contribution in [0.2, 0.25) is 0 Å². The molecule has 1 fully saturated rings. The molecule has 1 atom stereocenters. The molecular formula is C12H17NO5S2. The number of sulfonamides is 1. The Morgan fingerprint density at radius 2 is 2.30 bits per heavy atom. The third-order valence-electron chi connectivity index (χ3n) is 3.39. The van der Waals surface area contributed by atoms with E-state index in [9.17, 15) is 18.3 Å². The van der Waals surface area contributed by atoms with Crippen LogP contribution in [0, 0.1) is 6.92 Å². The lowest BCUT2D eigenvalue weighted by Crippen LogP contribution is -2.38. The highest BCUT2D eigenvalue weighted by molar-refractivity contribution is 7.89. The molecule has 0 bridgehead atoms. The molecule has 1 aromatic heterocycles. The zero-order chi connectivity index (χ0) is 14.9. The maximum absolute atomic E-state index is 12.7. The van der Waals surface area contributed by atoms with E-state index >= 15 is 0 Å². The smallest absolute Gasteiger partial charge is 0.349 e. The summed E-state index contributed by atoms with van der Waals surface area (Å²) >= 11 is 1.06. The summed E-state index contributed by atoms with van der Waals surface area (Å²) in [5.74, 6) is -0.651. The Bertz CT molecular complexity index is 607. The number of hydrogen-bond acceptors (Lipinski definition) is 6. The fourth-order valence-electron chi connectivity index (χ4n) is 2.41. The van der Waals surface area contributed by atoms with Crippen molar-refractivity contribution < 1.29 is 23.1 Å². The third-order valence-corrected chi connectivity index (χ3v) is 6.74. The second-order valence-corrected chi connectivity index (χ2v) is 7.37. The van der Waals surface area contributed by atoms with Crippen molar-refractivity contribution >= 4 is 27.3 Å². The van der Waals surface area contributed by atoms with Crippen molar-refractivity contribution in [3.63, 3.8) is 0 Å². The van der Waals surface area contributed by atoms with Crippen molar-refractivity contribution in [3.8, 4) is 0 Å². The lowest BCUT2D eigenvalue weighted by atomic mass is 10.2. The number of thiophene rings is 1. The summed E-state index contributed by atoms with van der Waals surface area (Å²) in [4.78, 5) is 11.8. The summed E-state index contributed by atoms with van der Waals surface area (Å²) in [5, 5.41) is 10.9. The van der Waals surface area contributed by atoms with Crippen molar-refractivity contribution in [1.82, 2.24) is 4.31 Å². The first-order chi connectivity index (χ1) is 9.43. The topological polar surface area (TPSA) is 83.9 Å². The Labute approximate surface area is 122 Å². The summed E-state index contributed by atoms with van der Waals surface area (Å²) in [6.45, 7) is 1.80. The molecule has 1 saturated heterocycles. The monoisotopic (exact) mass is 319 g/mol. The maximum atomic E-state index is 12.7. The molecular weight excluding hydrogens is 302 g/mol. The van der Waals surface area contributed by atoms with E-state index in [2.05, 4.69) is 4.74 Å². The normalized spacial score (nSPS) is 20.2. The van der Waals surface area contributed by atoms with Crippen LogP contribution in [-0.4, -0.2) is 50.1 Å². The summed E-state index contributed by atoms with van der Waals surface area (Å²) in [6, 6.07) is -0.412. The molecule has 0 aromatic carbocycles. The quantitative estimate of drug-likeness (QED) is 0.837. The fourth-order valence-corrected chi connectivity index (χ4v) is 5.76. The van der Waals surface area contributed by atoms with Crippen LogP contribution >= 0.6 is 11.3 Å². The van der Waals surface area contributed by atoms with Gasteiger partial charge < -0.3 is 9.84 Å². The molecule has 1 unspecified atom stereocenters. The molecule has 1 aromatic rings. The van der Waals surface area contributed by atoms with Crippen molar-refractivity contribution in [3.05, 3.63) is 15.8 Å². The van der Waals surface area contributed by atoms with E-state index in [1.807, 2.05) is 0 Å². The number of nitrogens with zero attached hydrogens (tertiary/aromatic N) is 1. The number of methoxy groups -OCH3 is 1. The third kappa shape index (κ3) is 2.48. The fraction of sp³-hybridized carbons (Fsp3) is 0.583. The maximum Gasteiger partial charge on any atom is 0.349 e. The lowest BCUT2D eigenvalue weighted by molar-refractivity contribution is 0.0602. The van der Waals surface area contributed by atoms with Gasteiger partial charge in [-0.05, 0) is 30.7 Å². The van der Waals surface area contributed by atoms with Gasteiger partial charge in [0.05, 0.1) is 13.7 Å². The molecule has 1 aliphatic rings. The second kappa shape index (κ2) is 5.80. The highest BCUT2D eigenvalue weighted by Crippen LogP contribution is 2.33. The molecule has 0 radical (unpaired) electrons. The number of aliphatic hydroxyl groups is 1. The van der Waals surface area contributed by atoms with Crippen LogP contribution in [0.3, 0.4) is 0 Å². The van der Waals surface area contributed by atoms with Gasteiger partial charge in [-0.15, -0.1) is 11.3 Å². The molecule has 2 rings (SSSR count). The summed E-state index contributed by atoms with van der Waals surface area (Å²) in [5.41, 5.74) is 0.527. The van der Waals surface area contributed by atoms with Crippen molar-refractivity contribution in [2.45, 2.75) is 30.7 Å². The van der Waals surface area contributed by atoms with Gasteiger partial charge >= 0.3 is 5.97 Å². The highest BCUT2D eigenvalue weighted by atomic mass is 32.2. The molecule has 8 heteroatoms. The van der Waals surface area contributed by atoms with E-state index < -0.39 is 22.0 Å². The number of esters is 1. The van der Waals surface area contributed by atoms with E-state index in [-0.39, 0.29) is 16.4 Å².